The van der Waals surface area contributed by atoms with Crippen LogP contribution in [0, 0.1) is 5.92 Å². The highest BCUT2D eigenvalue weighted by atomic mass is 16.5. The monoisotopic (exact) mass is 446 g/mol. The zero-order chi connectivity index (χ0) is 23.4. The molecule has 0 radical (unpaired) electrons. The number of benzene rings is 1. The smallest absolute Gasteiger partial charge is 0.310 e. The molecule has 4 rings (SSSR count). The first-order valence-electron chi connectivity index (χ1n) is 10.8. The summed E-state index contributed by atoms with van der Waals surface area (Å²) in [5, 5.41) is 5.13. The molecule has 1 amide bonds. The second-order valence-electron chi connectivity index (χ2n) is 7.81. The lowest BCUT2D eigenvalue weighted by atomic mass is 10.0. The number of carbonyl (C=O) groups is 2. The third-order valence-corrected chi connectivity index (χ3v) is 5.56. The third-order valence-electron chi connectivity index (χ3n) is 5.56. The maximum Gasteiger partial charge on any atom is 0.310 e. The minimum absolute atomic E-state index is 0.185. The Kier molecular flexibility index (Phi) is 6.53. The van der Waals surface area contributed by atoms with Gasteiger partial charge in [0.25, 0.3) is 5.91 Å². The first-order valence-corrected chi connectivity index (χ1v) is 10.8. The number of pyridine rings is 1. The molecule has 0 saturated heterocycles. The molecule has 0 saturated carbocycles. The van der Waals surface area contributed by atoms with Crippen molar-refractivity contribution in [3.05, 3.63) is 72.3 Å². The van der Waals surface area contributed by atoms with Crippen LogP contribution >= 0.6 is 0 Å². The number of nitrogens with zero attached hydrogens (tertiary/aromatic N) is 4. The molecular formula is C25H26N4O4. The molecule has 33 heavy (non-hydrogen) atoms. The van der Waals surface area contributed by atoms with Crippen LogP contribution in [-0.2, 0) is 16.1 Å². The molecule has 0 bridgehead atoms. The molecule has 8 nitrogen and oxygen atoms in total. The average Bonchev–Trinajstić information content (AvgIpc) is 3.52. The predicted molar refractivity (Wildman–Crippen MR) is 124 cm³/mol. The molecule has 3 aromatic heterocycles. The van der Waals surface area contributed by atoms with Gasteiger partial charge in [0.15, 0.2) is 5.65 Å². The van der Waals surface area contributed by atoms with Gasteiger partial charge in [-0.15, -0.1) is 0 Å². The van der Waals surface area contributed by atoms with Gasteiger partial charge in [-0.05, 0) is 25.1 Å². The van der Waals surface area contributed by atoms with Gasteiger partial charge >= 0.3 is 5.97 Å². The molecule has 0 aliphatic carbocycles. The van der Waals surface area contributed by atoms with Crippen molar-refractivity contribution in [1.29, 1.82) is 0 Å². The summed E-state index contributed by atoms with van der Waals surface area (Å²) < 4.78 is 12.0. The highest BCUT2D eigenvalue weighted by Gasteiger charge is 2.25. The standard InChI is InChI=1S/C25H26N4O4/c1-4-28(15-17(2)25(31)32-3)24(30)20-13-22(18-9-6-5-7-10-18)27-23-21(20)14-26-29(23)16-19-11-8-12-33-19/h5-14,17H,4,15-16H2,1-3H3. The largest absolute Gasteiger partial charge is 0.469 e. The number of fused-ring (bicyclic) bond motifs is 1. The molecule has 1 aromatic carbocycles. The number of furan rings is 1. The van der Waals surface area contributed by atoms with Crippen molar-refractivity contribution in [3.8, 4) is 11.3 Å². The van der Waals surface area contributed by atoms with Gasteiger partial charge in [-0.25, -0.2) is 9.67 Å². The van der Waals surface area contributed by atoms with Crippen molar-refractivity contribution in [1.82, 2.24) is 19.7 Å². The van der Waals surface area contributed by atoms with Gasteiger partial charge in [0.1, 0.15) is 12.3 Å². The highest BCUT2D eigenvalue weighted by molar-refractivity contribution is 6.06. The number of hydrogen-bond acceptors (Lipinski definition) is 6. The lowest BCUT2D eigenvalue weighted by Crippen LogP contribution is -2.37. The molecule has 1 unspecified atom stereocenters. The highest BCUT2D eigenvalue weighted by Crippen LogP contribution is 2.26. The zero-order valence-corrected chi connectivity index (χ0v) is 18.9. The van der Waals surface area contributed by atoms with Gasteiger partial charge in [0.05, 0.1) is 42.1 Å². The van der Waals surface area contributed by atoms with E-state index in [2.05, 4.69) is 5.10 Å². The van der Waals surface area contributed by atoms with Crippen molar-refractivity contribution >= 4 is 22.9 Å². The van der Waals surface area contributed by atoms with Crippen LogP contribution in [0.4, 0.5) is 0 Å². The van der Waals surface area contributed by atoms with Crippen LogP contribution < -0.4 is 0 Å². The van der Waals surface area contributed by atoms with E-state index in [-0.39, 0.29) is 18.4 Å². The molecule has 0 fully saturated rings. The average molecular weight is 447 g/mol. The number of ether oxygens (including phenoxy) is 1. The minimum atomic E-state index is -0.438. The zero-order valence-electron chi connectivity index (χ0n) is 18.9. The molecule has 3 heterocycles. The fraction of sp³-hybridized carbons (Fsp3) is 0.280. The summed E-state index contributed by atoms with van der Waals surface area (Å²) in [7, 11) is 1.35. The minimum Gasteiger partial charge on any atom is -0.469 e. The Morgan fingerprint density at radius 3 is 2.64 bits per heavy atom. The number of amides is 1. The first kappa shape index (κ1) is 22.3. The second-order valence-corrected chi connectivity index (χ2v) is 7.81. The van der Waals surface area contributed by atoms with Crippen LogP contribution in [0.1, 0.15) is 30.0 Å². The number of hydrogen-bond donors (Lipinski definition) is 0. The van der Waals surface area contributed by atoms with Crippen molar-refractivity contribution < 1.29 is 18.7 Å². The fourth-order valence-electron chi connectivity index (χ4n) is 3.78. The van der Waals surface area contributed by atoms with Crippen molar-refractivity contribution in [2.75, 3.05) is 20.2 Å². The normalized spacial score (nSPS) is 12.0. The van der Waals surface area contributed by atoms with Crippen molar-refractivity contribution in [3.63, 3.8) is 0 Å². The number of rotatable bonds is 8. The summed E-state index contributed by atoms with van der Waals surface area (Å²) in [5.74, 6) is -0.235. The van der Waals surface area contributed by atoms with Gasteiger partial charge in [0, 0.05) is 18.7 Å². The molecule has 0 aliphatic heterocycles. The second kappa shape index (κ2) is 9.68. The summed E-state index contributed by atoms with van der Waals surface area (Å²) in [6.45, 7) is 4.74. The van der Waals surface area contributed by atoms with Gasteiger partial charge in [-0.2, -0.15) is 5.10 Å². The quantitative estimate of drug-likeness (QED) is 0.380. The maximum absolute atomic E-state index is 13.6. The molecular weight excluding hydrogens is 420 g/mol. The fourth-order valence-corrected chi connectivity index (χ4v) is 3.78. The summed E-state index contributed by atoms with van der Waals surface area (Å²) in [4.78, 5) is 32.1. The number of methoxy groups -OCH3 is 1. The first-order chi connectivity index (χ1) is 16.0. The SMILES string of the molecule is CCN(CC(C)C(=O)OC)C(=O)c1cc(-c2ccccc2)nc2c1cnn2Cc1ccco1. The summed E-state index contributed by atoms with van der Waals surface area (Å²) >= 11 is 0. The molecule has 8 heteroatoms. The van der Waals surface area contributed by atoms with E-state index in [1.165, 1.54) is 7.11 Å². The maximum atomic E-state index is 13.6. The van der Waals surface area contributed by atoms with Crippen LogP contribution in [0.2, 0.25) is 0 Å². The number of aromatic nitrogens is 3. The van der Waals surface area contributed by atoms with Crippen molar-refractivity contribution in [2.24, 2.45) is 5.92 Å². The van der Waals surface area contributed by atoms with E-state index in [0.29, 0.717) is 35.4 Å². The van der Waals surface area contributed by atoms with Crippen molar-refractivity contribution in [2.45, 2.75) is 20.4 Å². The van der Waals surface area contributed by atoms with Crippen LogP contribution in [0.25, 0.3) is 22.3 Å². The molecule has 0 N–H and O–H groups in total. The van der Waals surface area contributed by atoms with E-state index in [1.54, 1.807) is 35.0 Å². The van der Waals surface area contributed by atoms with Gasteiger partial charge < -0.3 is 14.1 Å². The number of esters is 1. The molecule has 0 spiro atoms. The van der Waals surface area contributed by atoms with Crippen LogP contribution in [0.5, 0.6) is 0 Å². The van der Waals surface area contributed by atoms with Crippen LogP contribution in [0.3, 0.4) is 0 Å². The van der Waals surface area contributed by atoms with E-state index in [4.69, 9.17) is 14.1 Å². The Balaban J connectivity index is 1.79. The Labute approximate surface area is 191 Å². The van der Waals surface area contributed by atoms with E-state index in [9.17, 15) is 9.59 Å². The molecule has 170 valence electrons. The molecule has 4 aromatic rings. The van der Waals surface area contributed by atoms with E-state index < -0.39 is 5.92 Å². The number of carbonyl (C=O) groups excluding carboxylic acids is 2. The van der Waals surface area contributed by atoms with Crippen LogP contribution in [-0.4, -0.2) is 51.7 Å². The summed E-state index contributed by atoms with van der Waals surface area (Å²) in [6.07, 6.45) is 3.27. The predicted octanol–water partition coefficient (Wildman–Crippen LogP) is 4.01. The molecule has 1 atom stereocenters. The Morgan fingerprint density at radius 2 is 1.97 bits per heavy atom. The summed E-state index contributed by atoms with van der Waals surface area (Å²) in [5.41, 5.74) is 2.64. The lowest BCUT2D eigenvalue weighted by molar-refractivity contribution is -0.145. The Hall–Kier alpha value is -3.94. The van der Waals surface area contributed by atoms with E-state index >= 15 is 0 Å². The third kappa shape index (κ3) is 4.64. The lowest BCUT2D eigenvalue weighted by Gasteiger charge is -2.24. The van der Waals surface area contributed by atoms with Gasteiger partial charge in [-0.1, -0.05) is 37.3 Å². The summed E-state index contributed by atoms with van der Waals surface area (Å²) in [6, 6.07) is 15.2. The Bertz CT molecular complexity index is 1250. The molecule has 0 aliphatic rings. The van der Waals surface area contributed by atoms with Gasteiger partial charge in [-0.3, -0.25) is 9.59 Å². The Morgan fingerprint density at radius 1 is 1.18 bits per heavy atom. The van der Waals surface area contributed by atoms with Crippen LogP contribution in [0.15, 0.2) is 65.4 Å². The van der Waals surface area contributed by atoms with E-state index in [0.717, 1.165) is 11.3 Å². The topological polar surface area (TPSA) is 90.5 Å². The van der Waals surface area contributed by atoms with Gasteiger partial charge in [0.2, 0.25) is 0 Å². The van der Waals surface area contributed by atoms with E-state index in [1.807, 2.05) is 49.4 Å².